The summed E-state index contributed by atoms with van der Waals surface area (Å²) in [4.78, 5) is 32.4. The fourth-order valence-electron chi connectivity index (χ4n) is 6.16. The molecule has 0 bridgehead atoms. The van der Waals surface area contributed by atoms with Gasteiger partial charge in [-0.05, 0) is 62.6 Å². The largest absolute Gasteiger partial charge is 0.488 e. The van der Waals surface area contributed by atoms with Crippen LogP contribution in [0.15, 0.2) is 60.2 Å². The van der Waals surface area contributed by atoms with E-state index in [4.69, 9.17) is 14.2 Å². The first kappa shape index (κ1) is 30.7. The Bertz CT molecular complexity index is 1500. The normalized spacial score (nSPS) is 21.8. The van der Waals surface area contributed by atoms with Crippen molar-refractivity contribution >= 4 is 28.8 Å². The molecule has 6 rings (SSSR count). The zero-order valence-electron chi connectivity index (χ0n) is 25.9. The van der Waals surface area contributed by atoms with Crippen molar-refractivity contribution in [3.63, 3.8) is 0 Å². The molecule has 12 heteroatoms. The van der Waals surface area contributed by atoms with Crippen LogP contribution in [0.3, 0.4) is 0 Å². The number of nitrogens with one attached hydrogen (secondary N) is 1. The van der Waals surface area contributed by atoms with Crippen LogP contribution in [0.4, 0.5) is 17.3 Å². The molecule has 0 radical (unpaired) electrons. The summed E-state index contributed by atoms with van der Waals surface area (Å²) in [6, 6.07) is 10.6. The van der Waals surface area contributed by atoms with Crippen molar-refractivity contribution in [3.8, 4) is 6.07 Å². The number of anilines is 3. The Morgan fingerprint density at radius 3 is 2.64 bits per heavy atom. The molecule has 0 saturated carbocycles. The van der Waals surface area contributed by atoms with E-state index in [1.165, 1.54) is 19.1 Å². The highest BCUT2D eigenvalue weighted by Gasteiger charge is 2.40. The number of piperidine rings is 1. The van der Waals surface area contributed by atoms with Crippen LogP contribution in [-0.2, 0) is 19.0 Å². The monoisotopic (exact) mass is 612 g/mol. The number of aromatic nitrogens is 3. The summed E-state index contributed by atoms with van der Waals surface area (Å²) in [7, 11) is 1.51. The van der Waals surface area contributed by atoms with Gasteiger partial charge in [0, 0.05) is 56.8 Å². The second-order valence-corrected chi connectivity index (χ2v) is 12.1. The number of carbonyl (C=O) groups excluding carboxylic acids is 1. The zero-order valence-corrected chi connectivity index (χ0v) is 25.9. The number of likely N-dealkylation sites (tertiary alicyclic amines) is 1. The molecule has 3 aliphatic heterocycles. The van der Waals surface area contributed by atoms with Gasteiger partial charge in [-0.15, -0.1) is 0 Å². The number of hydrogen-bond donors (Lipinski definition) is 1. The van der Waals surface area contributed by atoms with Gasteiger partial charge in [0.15, 0.2) is 5.82 Å². The summed E-state index contributed by atoms with van der Waals surface area (Å²) in [6.07, 6.45) is 9.07. The molecule has 0 spiro atoms. The standard InChI is InChI=1S/C33H40N8O4/c1-33(21-44-22-33)41-15-13-39(14-16-41)27-10-8-26(9-11-27)37-32-36-23-35-31(38-32)24-5-3-7-29(25(17-24)18-34)45-28-6-4-12-40(19-28)30(42)20-43-2/h5,7-11,17,23,28H,3-4,6,12-16,19-22H2,1-2H3,(H,35,36,37,38)/t28-/m0/s1. The van der Waals surface area contributed by atoms with Gasteiger partial charge < -0.3 is 29.3 Å². The maximum absolute atomic E-state index is 12.3. The zero-order chi connectivity index (χ0) is 31.2. The molecule has 45 heavy (non-hydrogen) atoms. The number of nitriles is 1. The van der Waals surface area contributed by atoms with Crippen molar-refractivity contribution in [2.24, 2.45) is 0 Å². The first-order valence-corrected chi connectivity index (χ1v) is 15.5. The summed E-state index contributed by atoms with van der Waals surface area (Å²) in [5, 5.41) is 13.3. The van der Waals surface area contributed by atoms with Crippen LogP contribution in [0.2, 0.25) is 0 Å². The molecule has 1 aromatic heterocycles. The second-order valence-electron chi connectivity index (χ2n) is 12.1. The average Bonchev–Trinajstić information content (AvgIpc) is 3.26. The van der Waals surface area contributed by atoms with Gasteiger partial charge in [-0.1, -0.05) is 6.08 Å². The second kappa shape index (κ2) is 13.8. The molecule has 3 saturated heterocycles. The van der Waals surface area contributed by atoms with E-state index in [1.807, 2.05) is 24.3 Å². The van der Waals surface area contributed by atoms with Crippen molar-refractivity contribution in [3.05, 3.63) is 66.0 Å². The Labute approximate surface area is 264 Å². The highest BCUT2D eigenvalue weighted by molar-refractivity contribution is 5.77. The van der Waals surface area contributed by atoms with Crippen molar-refractivity contribution in [2.45, 2.75) is 37.8 Å². The molecule has 1 aliphatic carbocycles. The molecule has 4 heterocycles. The number of allylic oxidation sites excluding steroid dienone is 5. The number of amides is 1. The fourth-order valence-corrected chi connectivity index (χ4v) is 6.16. The molecule has 2 aromatic rings. The Hall–Kier alpha value is -4.31. The lowest BCUT2D eigenvalue weighted by molar-refractivity contribution is -0.138. The molecular formula is C33H40N8O4. The molecule has 0 unspecified atom stereocenters. The van der Waals surface area contributed by atoms with E-state index in [9.17, 15) is 10.1 Å². The number of methoxy groups -OCH3 is 1. The van der Waals surface area contributed by atoms with E-state index in [2.05, 4.69) is 55.2 Å². The molecular weight excluding hydrogens is 572 g/mol. The van der Waals surface area contributed by atoms with Gasteiger partial charge >= 0.3 is 0 Å². The minimum absolute atomic E-state index is 0.0497. The van der Waals surface area contributed by atoms with E-state index in [1.54, 1.807) is 11.0 Å². The predicted molar refractivity (Wildman–Crippen MR) is 169 cm³/mol. The minimum Gasteiger partial charge on any atom is -0.488 e. The van der Waals surface area contributed by atoms with Gasteiger partial charge in [-0.3, -0.25) is 9.69 Å². The van der Waals surface area contributed by atoms with Crippen LogP contribution in [0.1, 0.15) is 32.0 Å². The third-order valence-electron chi connectivity index (χ3n) is 8.81. The van der Waals surface area contributed by atoms with Crippen LogP contribution >= 0.6 is 0 Å². The first-order valence-electron chi connectivity index (χ1n) is 15.5. The molecule has 236 valence electrons. The van der Waals surface area contributed by atoms with Crippen LogP contribution in [-0.4, -0.2) is 109 Å². The Morgan fingerprint density at radius 2 is 1.93 bits per heavy atom. The van der Waals surface area contributed by atoms with E-state index in [0.29, 0.717) is 48.2 Å². The topological polar surface area (TPSA) is 129 Å². The molecule has 12 nitrogen and oxygen atoms in total. The van der Waals surface area contributed by atoms with Crippen molar-refractivity contribution in [2.75, 3.05) is 76.4 Å². The number of rotatable bonds is 9. The van der Waals surface area contributed by atoms with Crippen molar-refractivity contribution in [1.82, 2.24) is 24.8 Å². The van der Waals surface area contributed by atoms with Crippen LogP contribution < -0.4 is 10.2 Å². The first-order chi connectivity index (χ1) is 21.9. The summed E-state index contributed by atoms with van der Waals surface area (Å²) in [5.74, 6) is 1.33. The van der Waals surface area contributed by atoms with Crippen LogP contribution in [0.5, 0.6) is 0 Å². The van der Waals surface area contributed by atoms with Gasteiger partial charge in [-0.2, -0.15) is 10.2 Å². The SMILES string of the molecule is COCC(=O)N1CCC[C@H](OC2=CCC=C(c3ncnc(Nc4ccc(N5CCN(C6(C)COC6)CC5)cc4)n3)C=C2C#N)C1. The fraction of sp³-hybridized carbons (Fsp3) is 0.485. The van der Waals surface area contributed by atoms with Gasteiger partial charge in [0.05, 0.1) is 30.9 Å². The van der Waals surface area contributed by atoms with Gasteiger partial charge in [0.1, 0.15) is 30.9 Å². The van der Waals surface area contributed by atoms with Gasteiger partial charge in [-0.25, -0.2) is 9.97 Å². The summed E-state index contributed by atoms with van der Waals surface area (Å²) >= 11 is 0. The van der Waals surface area contributed by atoms with E-state index in [0.717, 1.165) is 57.9 Å². The Kier molecular flexibility index (Phi) is 9.39. The van der Waals surface area contributed by atoms with Crippen molar-refractivity contribution in [1.29, 1.82) is 5.26 Å². The predicted octanol–water partition coefficient (Wildman–Crippen LogP) is 3.30. The molecule has 1 amide bonds. The average molecular weight is 613 g/mol. The van der Waals surface area contributed by atoms with E-state index < -0.39 is 0 Å². The Balaban J connectivity index is 1.07. The number of carbonyl (C=O) groups is 1. The van der Waals surface area contributed by atoms with Crippen molar-refractivity contribution < 1.29 is 19.0 Å². The number of hydrogen-bond acceptors (Lipinski definition) is 11. The number of piperazine rings is 1. The lowest BCUT2D eigenvalue weighted by atomic mass is 9.97. The van der Waals surface area contributed by atoms with E-state index in [-0.39, 0.29) is 24.2 Å². The number of nitrogens with zero attached hydrogens (tertiary/aromatic N) is 7. The lowest BCUT2D eigenvalue weighted by Crippen LogP contribution is -2.64. The summed E-state index contributed by atoms with van der Waals surface area (Å²) < 4.78 is 16.7. The highest BCUT2D eigenvalue weighted by atomic mass is 16.5. The maximum atomic E-state index is 12.3. The molecule has 3 fully saturated rings. The summed E-state index contributed by atoms with van der Waals surface area (Å²) in [5.41, 5.74) is 3.36. The van der Waals surface area contributed by atoms with Gasteiger partial charge in [0.25, 0.3) is 0 Å². The number of benzene rings is 1. The summed E-state index contributed by atoms with van der Waals surface area (Å²) in [6.45, 7) is 9.17. The van der Waals surface area contributed by atoms with Gasteiger partial charge in [0.2, 0.25) is 11.9 Å². The Morgan fingerprint density at radius 1 is 1.13 bits per heavy atom. The smallest absolute Gasteiger partial charge is 0.248 e. The van der Waals surface area contributed by atoms with Crippen LogP contribution in [0.25, 0.3) is 5.57 Å². The van der Waals surface area contributed by atoms with Crippen LogP contribution in [0, 0.1) is 11.3 Å². The lowest BCUT2D eigenvalue weighted by Gasteiger charge is -2.50. The minimum atomic E-state index is -0.195. The molecule has 1 aromatic carbocycles. The quantitative estimate of drug-likeness (QED) is 0.448. The third-order valence-corrected chi connectivity index (χ3v) is 8.81. The third kappa shape index (κ3) is 7.17. The number of ether oxygens (including phenoxy) is 3. The molecule has 4 aliphatic rings. The van der Waals surface area contributed by atoms with E-state index >= 15 is 0 Å². The highest BCUT2D eigenvalue weighted by Crippen LogP contribution is 2.29. The molecule has 1 atom stereocenters. The maximum Gasteiger partial charge on any atom is 0.248 e. The molecule has 1 N–H and O–H groups in total.